The topological polar surface area (TPSA) is 29.5 Å². The summed E-state index contributed by atoms with van der Waals surface area (Å²) in [5, 5.41) is 3.84. The number of nitrogens with zero attached hydrogens (tertiary/aromatic N) is 4. The van der Waals surface area contributed by atoms with Crippen LogP contribution in [0.4, 0.5) is 34.1 Å². The molecule has 0 spiro atoms. The fraction of sp³-hybridized carbons (Fsp3) is 0.143. The molecule has 96 heavy (non-hydrogen) atoms. The van der Waals surface area contributed by atoms with E-state index < -0.39 is 77.8 Å². The highest BCUT2D eigenvalue weighted by atomic mass is 16.3. The van der Waals surface area contributed by atoms with Gasteiger partial charge in [-0.15, -0.1) is 0 Å². The van der Waals surface area contributed by atoms with Crippen LogP contribution < -0.4 is 9.80 Å². The lowest BCUT2D eigenvalue weighted by atomic mass is 9.73. The molecular weight excluding hydrogens is 1170 g/mol. The molecule has 3 aromatic heterocycles. The molecule has 5 heterocycles. The lowest BCUT2D eigenvalue weighted by Gasteiger charge is -2.46. The maximum atomic E-state index is 9.72. The Hall–Kier alpha value is -11.1. The fourth-order valence-corrected chi connectivity index (χ4v) is 15.0. The molecule has 16 aromatic rings. The van der Waals surface area contributed by atoms with Crippen molar-refractivity contribution in [3.8, 4) is 44.8 Å². The van der Waals surface area contributed by atoms with Crippen molar-refractivity contribution >= 4 is 99.7 Å². The first-order valence-corrected chi connectivity index (χ1v) is 32.9. The minimum atomic E-state index is -0.646. The van der Waals surface area contributed by atoms with Gasteiger partial charge in [-0.05, 0) is 174 Å². The van der Waals surface area contributed by atoms with Crippen LogP contribution in [0.3, 0.4) is 0 Å². The Bertz CT molecular complexity index is 6440. The normalized spacial score (nSPS) is 15.8. The third-order valence-corrected chi connectivity index (χ3v) is 19.9. The second-order valence-corrected chi connectivity index (χ2v) is 28.8. The Balaban J connectivity index is 0.982. The highest BCUT2D eigenvalue weighted by Gasteiger charge is 2.43. The largest absolute Gasteiger partial charge is 0.452 e. The number of fused-ring (bicyclic) bond motifs is 13. The zero-order valence-corrected chi connectivity index (χ0v) is 54.8. The first-order chi connectivity index (χ1) is 51.9. The average molecular weight is 1250 g/mol. The molecule has 0 bridgehead atoms. The van der Waals surface area contributed by atoms with Gasteiger partial charge in [0.25, 0.3) is 0 Å². The summed E-state index contributed by atoms with van der Waals surface area (Å²) in [6.45, 7) is 20.0. The Labute approximate surface area is 579 Å². The third kappa shape index (κ3) is 8.97. The summed E-state index contributed by atoms with van der Waals surface area (Å²) in [6, 6.07) is 63.2. The van der Waals surface area contributed by atoms with E-state index in [1.54, 1.807) is 4.57 Å². The van der Waals surface area contributed by atoms with Gasteiger partial charge in [0.1, 0.15) is 0 Å². The van der Waals surface area contributed by atoms with E-state index in [4.69, 9.17) is 11.3 Å². The number of hydrogen-bond donors (Lipinski definition) is 0. The molecule has 0 fully saturated rings. The molecule has 0 saturated heterocycles. The molecule has 18 rings (SSSR count). The molecule has 1 unspecified atom stereocenters. The van der Waals surface area contributed by atoms with Crippen molar-refractivity contribution in [3.05, 3.63) is 312 Å². The predicted molar refractivity (Wildman–Crippen MR) is 405 cm³/mol. The molecule has 0 amide bonds. The standard InChI is InChI=1S/C91H74N4O/c1-89(2,3)62-40-45-77-73(51-62)74-52-63(90(4,5)6)41-46-78(74)94(77)79-37-23-33-69-70-34-24-38-80(88(70)96-87(69)79)95-82-55-65(92-75-35-21-19-31-67(75)68-32-20-22-36-76(68)92)42-44-72(82)85-71-43-39-59(56-25-13-10-14-26-56)50-81(71)93(83-53-64(91(7,8)9)54-84(95)86(83)85)66-48-60(57-27-15-11-16-28-57)47-61(49-66)58-29-17-12-18-30-58/h10-55,85H,1-9H3/i10D,13D,14D,19D,20D,21D,22D,25D,26D,31D,32D,35D,36D. The van der Waals surface area contributed by atoms with Gasteiger partial charge in [0.2, 0.25) is 0 Å². The first-order valence-electron chi connectivity index (χ1n) is 39.4. The minimum Gasteiger partial charge on any atom is -0.452 e. The van der Waals surface area contributed by atoms with E-state index >= 15 is 0 Å². The monoisotopic (exact) mass is 1250 g/mol. The number of furan rings is 1. The lowest BCUT2D eigenvalue weighted by Crippen LogP contribution is -2.30. The highest BCUT2D eigenvalue weighted by Crippen LogP contribution is 2.63. The van der Waals surface area contributed by atoms with E-state index in [-0.39, 0.29) is 50.3 Å². The lowest BCUT2D eigenvalue weighted by molar-refractivity contribution is 0.589. The SMILES string of the molecule is [2H]c1c([2H])c([2H])c(-c2ccc3c(c2)N(c2cc(-c4ccccc4)cc(-c4ccccc4)c2)c2cc(C(C)(C)C)cc4c2C3c2ccc(-n3c5c([2H])c([2H])c([2H])c([2H])c5c5c([2H])c([2H])c([2H])c([2H])c53)cc2N4c2cccc3c2oc2c(-n4c5ccc(C(C)(C)C)cc5c5cc(C(C)(C)C)ccc54)cccc23)c([2H])c1[2H]. The molecule has 2 aliphatic heterocycles. The summed E-state index contributed by atoms with van der Waals surface area (Å²) < 4.78 is 132. The van der Waals surface area contributed by atoms with Gasteiger partial charge in [0.05, 0.1) is 74.0 Å². The summed E-state index contributed by atoms with van der Waals surface area (Å²) in [6.07, 6.45) is 0. The van der Waals surface area contributed by atoms with Crippen molar-refractivity contribution in [2.75, 3.05) is 9.80 Å². The number of para-hydroxylation sites is 4. The summed E-state index contributed by atoms with van der Waals surface area (Å²) in [5.74, 6) is -0.646. The van der Waals surface area contributed by atoms with Crippen LogP contribution in [-0.2, 0) is 16.2 Å². The maximum absolute atomic E-state index is 9.72. The van der Waals surface area contributed by atoms with Gasteiger partial charge in [0.15, 0.2) is 11.2 Å². The first kappa shape index (κ1) is 45.2. The Morgan fingerprint density at radius 1 is 0.302 bits per heavy atom. The van der Waals surface area contributed by atoms with Gasteiger partial charge in [-0.1, -0.05) is 244 Å². The molecule has 2 aliphatic rings. The van der Waals surface area contributed by atoms with Gasteiger partial charge in [-0.25, -0.2) is 0 Å². The third-order valence-electron chi connectivity index (χ3n) is 19.9. The average Bonchev–Trinajstić information content (AvgIpc) is 1.50. The second-order valence-electron chi connectivity index (χ2n) is 28.8. The smallest absolute Gasteiger partial charge is 0.159 e. The molecule has 0 radical (unpaired) electrons. The van der Waals surface area contributed by atoms with Crippen molar-refractivity contribution < 1.29 is 22.2 Å². The number of aromatic nitrogens is 2. The number of anilines is 6. The van der Waals surface area contributed by atoms with Crippen molar-refractivity contribution in [2.45, 2.75) is 84.5 Å². The fourth-order valence-electron chi connectivity index (χ4n) is 15.0. The molecule has 0 aliphatic carbocycles. The van der Waals surface area contributed by atoms with Crippen molar-refractivity contribution in [1.29, 1.82) is 0 Å². The quantitative estimate of drug-likeness (QED) is 0.159. The summed E-state index contributed by atoms with van der Waals surface area (Å²) in [7, 11) is 0. The number of benzene rings is 13. The molecule has 5 nitrogen and oxygen atoms in total. The van der Waals surface area contributed by atoms with Gasteiger partial charge in [0, 0.05) is 55.2 Å². The molecule has 0 N–H and O–H groups in total. The van der Waals surface area contributed by atoms with E-state index in [9.17, 15) is 11.0 Å². The predicted octanol–water partition coefficient (Wildman–Crippen LogP) is 25.4. The maximum Gasteiger partial charge on any atom is 0.159 e. The summed E-state index contributed by atoms with van der Waals surface area (Å²) in [5.41, 5.74) is 17.9. The van der Waals surface area contributed by atoms with Crippen LogP contribution in [0.1, 0.15) is 119 Å². The highest BCUT2D eigenvalue weighted by molar-refractivity contribution is 6.16. The van der Waals surface area contributed by atoms with Gasteiger partial charge >= 0.3 is 0 Å². The molecular formula is C91H74N4O. The van der Waals surface area contributed by atoms with Crippen molar-refractivity contribution in [2.24, 2.45) is 0 Å². The molecule has 13 aromatic carbocycles. The van der Waals surface area contributed by atoms with Crippen LogP contribution in [0.2, 0.25) is 0 Å². The molecule has 1 atom stereocenters. The molecule has 5 heteroatoms. The zero-order chi connectivity index (χ0) is 76.4. The second kappa shape index (κ2) is 21.2. The van der Waals surface area contributed by atoms with E-state index in [0.717, 1.165) is 99.8 Å². The van der Waals surface area contributed by atoms with E-state index in [0.29, 0.717) is 39.5 Å². The van der Waals surface area contributed by atoms with E-state index in [1.807, 2.05) is 78.9 Å². The Morgan fingerprint density at radius 2 is 0.812 bits per heavy atom. The number of rotatable bonds is 7. The molecule has 464 valence electrons. The Kier molecular flexibility index (Phi) is 9.98. The van der Waals surface area contributed by atoms with Gasteiger partial charge in [-0.2, -0.15) is 0 Å². The van der Waals surface area contributed by atoms with Crippen LogP contribution in [0.15, 0.2) is 283 Å². The summed E-state index contributed by atoms with van der Waals surface area (Å²) >= 11 is 0. The molecule has 0 saturated carbocycles. The minimum absolute atomic E-state index is 0.0271. The van der Waals surface area contributed by atoms with Crippen LogP contribution in [0, 0.1) is 0 Å². The van der Waals surface area contributed by atoms with Gasteiger partial charge < -0.3 is 23.4 Å². The van der Waals surface area contributed by atoms with Crippen molar-refractivity contribution in [1.82, 2.24) is 9.13 Å². The number of hydrogen-bond acceptors (Lipinski definition) is 3. The van der Waals surface area contributed by atoms with E-state index in [2.05, 4.69) is 198 Å². The van der Waals surface area contributed by atoms with Crippen LogP contribution in [0.25, 0.3) is 110 Å². The Morgan fingerprint density at radius 3 is 1.39 bits per heavy atom. The summed E-state index contributed by atoms with van der Waals surface area (Å²) in [4.78, 5) is 4.50. The van der Waals surface area contributed by atoms with Crippen LogP contribution in [0.5, 0.6) is 0 Å². The van der Waals surface area contributed by atoms with Crippen molar-refractivity contribution in [3.63, 3.8) is 0 Å². The van der Waals surface area contributed by atoms with Crippen LogP contribution >= 0.6 is 0 Å². The van der Waals surface area contributed by atoms with E-state index in [1.165, 1.54) is 11.1 Å². The zero-order valence-electron chi connectivity index (χ0n) is 67.8. The van der Waals surface area contributed by atoms with Crippen LogP contribution in [-0.4, -0.2) is 9.13 Å². The van der Waals surface area contributed by atoms with Gasteiger partial charge in [-0.3, -0.25) is 0 Å².